The molecule has 0 saturated heterocycles. The number of nitrogens with one attached hydrogen (secondary N) is 1. The number of fused-ring (bicyclic) bond motifs is 2. The van der Waals surface area contributed by atoms with Crippen LogP contribution in [0.15, 0.2) is 18.2 Å². The molecule has 1 heterocycles. The van der Waals surface area contributed by atoms with Crippen molar-refractivity contribution in [3.63, 3.8) is 0 Å². The first-order valence-electron chi connectivity index (χ1n) is 5.84. The van der Waals surface area contributed by atoms with Gasteiger partial charge in [0.15, 0.2) is 0 Å². The van der Waals surface area contributed by atoms with Gasteiger partial charge in [0.05, 0.1) is 17.2 Å². The Labute approximate surface area is 104 Å². The van der Waals surface area contributed by atoms with Gasteiger partial charge >= 0.3 is 0 Å². The van der Waals surface area contributed by atoms with E-state index in [9.17, 15) is 9.90 Å². The molecule has 1 aromatic carbocycles. The molecule has 0 fully saturated rings. The molecule has 0 atom stereocenters. The fourth-order valence-corrected chi connectivity index (χ4v) is 2.55. The van der Waals surface area contributed by atoms with Gasteiger partial charge in [-0.2, -0.15) is 0 Å². The Kier molecular flexibility index (Phi) is 2.41. The van der Waals surface area contributed by atoms with Crippen molar-refractivity contribution >= 4 is 22.6 Å². The summed E-state index contributed by atoms with van der Waals surface area (Å²) in [6, 6.07) is 4.76. The lowest BCUT2D eigenvalue weighted by atomic mass is 10.0. The second-order valence-corrected chi connectivity index (χ2v) is 4.43. The van der Waals surface area contributed by atoms with Crippen LogP contribution >= 0.6 is 0 Å². The summed E-state index contributed by atoms with van der Waals surface area (Å²) in [7, 11) is 0. The number of aryl methyl sites for hydroxylation is 1. The highest BCUT2D eigenvalue weighted by molar-refractivity contribution is 5.98. The van der Waals surface area contributed by atoms with E-state index in [4.69, 9.17) is 5.84 Å². The Bertz CT molecular complexity index is 652. The number of nitrogens with two attached hydrogens (primary N) is 1. The number of anilines is 1. The largest absolute Gasteiger partial charge is 0.545 e. The Balaban J connectivity index is 2.34. The van der Waals surface area contributed by atoms with E-state index in [1.54, 1.807) is 12.1 Å². The number of benzene rings is 1. The zero-order chi connectivity index (χ0) is 12.7. The summed E-state index contributed by atoms with van der Waals surface area (Å²) < 4.78 is 0. The molecule has 5 heteroatoms. The molecule has 0 spiro atoms. The molecule has 3 rings (SSSR count). The molecule has 1 aromatic heterocycles. The molecule has 0 radical (unpaired) electrons. The molecular weight excluding hydrogens is 230 g/mol. The third-order valence-corrected chi connectivity index (χ3v) is 3.39. The number of carboxylic acids is 1. The zero-order valence-electron chi connectivity index (χ0n) is 9.69. The molecule has 0 aliphatic heterocycles. The Hall–Kier alpha value is -2.14. The SMILES string of the molecule is NNc1c2c(nc3ccc(C(=O)[O-])cc13)CCC2. The summed E-state index contributed by atoms with van der Waals surface area (Å²) in [6.07, 6.45) is 2.93. The minimum atomic E-state index is -1.19. The highest BCUT2D eigenvalue weighted by Gasteiger charge is 2.19. The van der Waals surface area contributed by atoms with Crippen LogP contribution in [-0.2, 0) is 12.8 Å². The van der Waals surface area contributed by atoms with Crippen LogP contribution in [0, 0.1) is 0 Å². The number of hydrazine groups is 1. The number of hydrogen-bond acceptors (Lipinski definition) is 5. The third kappa shape index (κ3) is 1.52. The molecule has 0 saturated carbocycles. The molecule has 92 valence electrons. The van der Waals surface area contributed by atoms with Gasteiger partial charge in [-0.15, -0.1) is 0 Å². The van der Waals surface area contributed by atoms with Gasteiger partial charge in [-0.1, -0.05) is 6.07 Å². The lowest BCUT2D eigenvalue weighted by Gasteiger charge is -2.13. The average Bonchev–Trinajstić information content (AvgIpc) is 2.82. The number of carboxylic acid groups (broad SMARTS) is 1. The van der Waals surface area contributed by atoms with E-state index < -0.39 is 5.97 Å². The van der Waals surface area contributed by atoms with Crippen LogP contribution < -0.4 is 16.4 Å². The van der Waals surface area contributed by atoms with E-state index in [1.165, 1.54) is 6.07 Å². The van der Waals surface area contributed by atoms with E-state index in [2.05, 4.69) is 10.4 Å². The lowest BCUT2D eigenvalue weighted by molar-refractivity contribution is -0.255. The second-order valence-electron chi connectivity index (χ2n) is 4.43. The van der Waals surface area contributed by atoms with Crippen LogP contribution in [0.2, 0.25) is 0 Å². The minimum absolute atomic E-state index is 0.138. The van der Waals surface area contributed by atoms with E-state index in [-0.39, 0.29) is 5.56 Å². The second kappa shape index (κ2) is 3.96. The number of carbonyl (C=O) groups excluding carboxylic acids is 1. The quantitative estimate of drug-likeness (QED) is 0.586. The van der Waals surface area contributed by atoms with Gasteiger partial charge in [-0.25, -0.2) is 0 Å². The number of nitrogen functional groups attached to an aromatic ring is 1. The van der Waals surface area contributed by atoms with Crippen LogP contribution in [0.1, 0.15) is 28.0 Å². The fourth-order valence-electron chi connectivity index (χ4n) is 2.55. The highest BCUT2D eigenvalue weighted by atomic mass is 16.4. The summed E-state index contributed by atoms with van der Waals surface area (Å²) >= 11 is 0. The first-order chi connectivity index (χ1) is 8.70. The molecule has 0 bridgehead atoms. The van der Waals surface area contributed by atoms with Crippen molar-refractivity contribution in [3.05, 3.63) is 35.0 Å². The van der Waals surface area contributed by atoms with Crippen LogP contribution in [-0.4, -0.2) is 11.0 Å². The van der Waals surface area contributed by atoms with E-state index >= 15 is 0 Å². The molecule has 0 amide bonds. The maximum atomic E-state index is 10.9. The standard InChI is InChI=1S/C13H13N3O2/c14-16-12-8-2-1-3-10(8)15-11-5-4-7(13(17)18)6-9(11)12/h4-6H,1-3,14H2,(H,15,16)(H,17,18)/p-1. The van der Waals surface area contributed by atoms with Gasteiger partial charge in [-0.3, -0.25) is 10.8 Å². The maximum absolute atomic E-state index is 10.9. The number of aromatic carboxylic acids is 1. The monoisotopic (exact) mass is 242 g/mol. The van der Waals surface area contributed by atoms with Crippen molar-refractivity contribution in [2.24, 2.45) is 5.84 Å². The topological polar surface area (TPSA) is 91.1 Å². The van der Waals surface area contributed by atoms with Crippen molar-refractivity contribution in [1.29, 1.82) is 0 Å². The fraction of sp³-hybridized carbons (Fsp3) is 0.231. The molecule has 0 unspecified atom stereocenters. The van der Waals surface area contributed by atoms with Gasteiger partial charge in [0.1, 0.15) is 0 Å². The highest BCUT2D eigenvalue weighted by Crippen LogP contribution is 2.33. The Morgan fingerprint density at radius 2 is 2.22 bits per heavy atom. The van der Waals surface area contributed by atoms with Crippen LogP contribution in [0.25, 0.3) is 10.9 Å². The Morgan fingerprint density at radius 3 is 2.94 bits per heavy atom. The molecule has 18 heavy (non-hydrogen) atoms. The van der Waals surface area contributed by atoms with Crippen molar-refractivity contribution in [2.75, 3.05) is 5.43 Å². The number of pyridine rings is 1. The van der Waals surface area contributed by atoms with Crippen LogP contribution in [0.3, 0.4) is 0 Å². The average molecular weight is 242 g/mol. The van der Waals surface area contributed by atoms with Gasteiger partial charge in [0.2, 0.25) is 0 Å². The summed E-state index contributed by atoms with van der Waals surface area (Å²) in [5, 5.41) is 11.6. The molecule has 5 nitrogen and oxygen atoms in total. The maximum Gasteiger partial charge on any atom is 0.0727 e. The summed E-state index contributed by atoms with van der Waals surface area (Å²) in [6.45, 7) is 0. The molecule has 1 aliphatic carbocycles. The predicted octanol–water partition coefficient (Wildman–Crippen LogP) is 0.373. The first-order valence-corrected chi connectivity index (χ1v) is 5.84. The van der Waals surface area contributed by atoms with E-state index in [0.29, 0.717) is 0 Å². The smallest absolute Gasteiger partial charge is 0.0727 e. The molecule has 3 N–H and O–H groups in total. The number of hydrogen-bond donors (Lipinski definition) is 2. The predicted molar refractivity (Wildman–Crippen MR) is 65.9 cm³/mol. The number of carbonyl (C=O) groups is 1. The molecule has 1 aliphatic rings. The van der Waals surface area contributed by atoms with Crippen LogP contribution in [0.5, 0.6) is 0 Å². The molecule has 2 aromatic rings. The van der Waals surface area contributed by atoms with Crippen molar-refractivity contribution < 1.29 is 9.90 Å². The normalized spacial score (nSPS) is 13.6. The van der Waals surface area contributed by atoms with Crippen molar-refractivity contribution in [2.45, 2.75) is 19.3 Å². The van der Waals surface area contributed by atoms with Gasteiger partial charge in [-0.05, 0) is 42.5 Å². The number of rotatable bonds is 2. The van der Waals surface area contributed by atoms with Crippen molar-refractivity contribution in [3.8, 4) is 0 Å². The van der Waals surface area contributed by atoms with Crippen molar-refractivity contribution in [1.82, 2.24) is 4.98 Å². The first kappa shape index (κ1) is 11.0. The summed E-state index contributed by atoms with van der Waals surface area (Å²) in [4.78, 5) is 15.5. The molecular formula is C13H12N3O2-. The van der Waals surface area contributed by atoms with Gasteiger partial charge < -0.3 is 15.3 Å². The number of nitrogens with zero attached hydrogens (tertiary/aromatic N) is 1. The van der Waals surface area contributed by atoms with Gasteiger partial charge in [0.25, 0.3) is 0 Å². The van der Waals surface area contributed by atoms with E-state index in [0.717, 1.165) is 47.1 Å². The summed E-state index contributed by atoms with van der Waals surface area (Å²) in [5.41, 5.74) is 6.52. The third-order valence-electron chi connectivity index (χ3n) is 3.39. The zero-order valence-corrected chi connectivity index (χ0v) is 9.69. The van der Waals surface area contributed by atoms with Gasteiger partial charge in [0, 0.05) is 11.1 Å². The number of aromatic nitrogens is 1. The Morgan fingerprint density at radius 1 is 1.39 bits per heavy atom. The van der Waals surface area contributed by atoms with Crippen LogP contribution in [0.4, 0.5) is 5.69 Å². The lowest BCUT2D eigenvalue weighted by Crippen LogP contribution is -2.22. The minimum Gasteiger partial charge on any atom is -0.545 e. The summed E-state index contributed by atoms with van der Waals surface area (Å²) in [5.74, 6) is 4.38. The van der Waals surface area contributed by atoms with E-state index in [1.807, 2.05) is 0 Å².